The number of aliphatic hydroxyl groups is 2. The zero-order chi connectivity index (χ0) is 19.8. The maximum Gasteiger partial charge on any atom is 0.348 e. The Bertz CT molecular complexity index is 505. The molecule has 4 N–H and O–H groups in total. The molecule has 150 valence electrons. The molecule has 0 aromatic carbocycles. The van der Waals surface area contributed by atoms with Crippen LogP contribution >= 0.6 is 0 Å². The van der Waals surface area contributed by atoms with Gasteiger partial charge in [0, 0.05) is 0 Å². The highest BCUT2D eigenvalue weighted by atomic mass is 16.6. The van der Waals surface area contributed by atoms with Crippen molar-refractivity contribution in [1.29, 1.82) is 0 Å². The Morgan fingerprint density at radius 2 is 1.38 bits per heavy atom. The average Bonchev–Trinajstić information content (AvgIpc) is 2.79. The molecule has 1 saturated heterocycles. The molecule has 1 heterocycles. The molecule has 0 spiro atoms. The number of carbonyl (C=O) groups is 3. The predicted octanol–water partition coefficient (Wildman–Crippen LogP) is 1.85. The van der Waals surface area contributed by atoms with Crippen LogP contribution in [0.4, 0.5) is 0 Å². The van der Waals surface area contributed by atoms with Crippen LogP contribution in [0.25, 0.3) is 0 Å². The smallest absolute Gasteiger partial charge is 0.348 e. The van der Waals surface area contributed by atoms with E-state index in [1.54, 1.807) is 0 Å². The average molecular weight is 374 g/mol. The Morgan fingerprint density at radius 3 is 1.81 bits per heavy atom. The number of aliphatic carboxylic acids is 2. The molecule has 8 nitrogen and oxygen atoms in total. The molecular formula is C18H30O8. The van der Waals surface area contributed by atoms with Crippen LogP contribution in [-0.2, 0) is 19.1 Å². The van der Waals surface area contributed by atoms with Gasteiger partial charge in [0.05, 0.1) is 0 Å². The van der Waals surface area contributed by atoms with Gasteiger partial charge in [-0.25, -0.2) is 14.4 Å². The van der Waals surface area contributed by atoms with E-state index in [9.17, 15) is 29.7 Å². The predicted molar refractivity (Wildman–Crippen MR) is 91.5 cm³/mol. The van der Waals surface area contributed by atoms with Crippen LogP contribution in [-0.4, -0.2) is 55.6 Å². The van der Waals surface area contributed by atoms with E-state index in [-0.39, 0.29) is 12.8 Å². The van der Waals surface area contributed by atoms with Crippen LogP contribution in [0.5, 0.6) is 0 Å². The van der Waals surface area contributed by atoms with Gasteiger partial charge in [-0.05, 0) is 12.8 Å². The molecule has 26 heavy (non-hydrogen) atoms. The SMILES string of the molecule is CCCCCCCCCCCC[C@@]1(O)C(=O)O[C@@H](C(=O)O)[C@@]1(O)C(=O)O. The van der Waals surface area contributed by atoms with Crippen LogP contribution in [0.15, 0.2) is 0 Å². The molecule has 0 aliphatic carbocycles. The lowest BCUT2D eigenvalue weighted by Gasteiger charge is -2.31. The summed E-state index contributed by atoms with van der Waals surface area (Å²) < 4.78 is 4.44. The van der Waals surface area contributed by atoms with Crippen molar-refractivity contribution in [2.75, 3.05) is 0 Å². The number of cyclic esters (lactones) is 1. The molecule has 8 heteroatoms. The van der Waals surface area contributed by atoms with Crippen molar-refractivity contribution in [3.8, 4) is 0 Å². The summed E-state index contributed by atoms with van der Waals surface area (Å²) in [5.74, 6) is -5.22. The second-order valence-electron chi connectivity index (χ2n) is 6.99. The van der Waals surface area contributed by atoms with E-state index in [2.05, 4.69) is 11.7 Å². The number of carboxylic acid groups (broad SMARTS) is 2. The van der Waals surface area contributed by atoms with Crippen LogP contribution in [0, 0.1) is 0 Å². The summed E-state index contributed by atoms with van der Waals surface area (Å²) in [5, 5.41) is 38.9. The number of ether oxygens (including phenoxy) is 1. The quantitative estimate of drug-likeness (QED) is 0.283. The summed E-state index contributed by atoms with van der Waals surface area (Å²) in [6.45, 7) is 2.16. The van der Waals surface area contributed by atoms with Gasteiger partial charge in [0.2, 0.25) is 17.3 Å². The molecule has 0 aromatic rings. The Kier molecular flexibility index (Phi) is 8.49. The number of unbranched alkanes of at least 4 members (excludes halogenated alkanes) is 9. The standard InChI is InChI=1S/C18H30O8/c1-2-3-4-5-6-7-8-9-10-11-12-17(24)16(23)26-13(14(19)20)18(17,25)15(21)22/h13,24-25H,2-12H2,1H3,(H,19,20)(H,21,22)/t13-,17+,18+/m0/s1. The second kappa shape index (κ2) is 9.87. The van der Waals surface area contributed by atoms with Crippen molar-refractivity contribution in [2.45, 2.75) is 94.9 Å². The normalized spacial score (nSPS) is 28.1. The fraction of sp³-hybridized carbons (Fsp3) is 0.833. The second-order valence-corrected chi connectivity index (χ2v) is 6.99. The minimum Gasteiger partial charge on any atom is -0.479 e. The molecule has 0 bridgehead atoms. The fourth-order valence-electron chi connectivity index (χ4n) is 3.34. The molecular weight excluding hydrogens is 344 g/mol. The number of rotatable bonds is 13. The molecule has 0 amide bonds. The lowest BCUT2D eigenvalue weighted by Crippen LogP contribution is -2.64. The molecule has 0 radical (unpaired) electrons. The van der Waals surface area contributed by atoms with Gasteiger partial charge in [-0.2, -0.15) is 0 Å². The van der Waals surface area contributed by atoms with E-state index in [0.29, 0.717) is 6.42 Å². The maximum atomic E-state index is 11.9. The van der Waals surface area contributed by atoms with E-state index in [1.165, 1.54) is 25.7 Å². The Labute approximate surface area is 153 Å². The minimum atomic E-state index is -3.20. The van der Waals surface area contributed by atoms with Crippen molar-refractivity contribution < 1.29 is 39.5 Å². The van der Waals surface area contributed by atoms with E-state index in [4.69, 9.17) is 5.11 Å². The van der Waals surface area contributed by atoms with Gasteiger partial charge in [-0.15, -0.1) is 0 Å². The van der Waals surface area contributed by atoms with Gasteiger partial charge >= 0.3 is 17.9 Å². The van der Waals surface area contributed by atoms with E-state index in [0.717, 1.165) is 25.7 Å². The number of hydrogen-bond acceptors (Lipinski definition) is 6. The van der Waals surface area contributed by atoms with Crippen LogP contribution in [0.2, 0.25) is 0 Å². The van der Waals surface area contributed by atoms with Crippen molar-refractivity contribution in [3.63, 3.8) is 0 Å². The van der Waals surface area contributed by atoms with Crippen molar-refractivity contribution >= 4 is 17.9 Å². The Hall–Kier alpha value is -1.67. The number of esters is 1. The van der Waals surface area contributed by atoms with Crippen LogP contribution < -0.4 is 0 Å². The molecule has 0 unspecified atom stereocenters. The summed E-state index contributed by atoms with van der Waals surface area (Å²) in [7, 11) is 0. The van der Waals surface area contributed by atoms with Gasteiger partial charge in [-0.1, -0.05) is 64.7 Å². The zero-order valence-corrected chi connectivity index (χ0v) is 15.3. The monoisotopic (exact) mass is 374 g/mol. The van der Waals surface area contributed by atoms with Crippen LogP contribution in [0.3, 0.4) is 0 Å². The van der Waals surface area contributed by atoms with Gasteiger partial charge in [-0.3, -0.25) is 0 Å². The topological polar surface area (TPSA) is 141 Å². The van der Waals surface area contributed by atoms with Gasteiger partial charge in [0.1, 0.15) is 0 Å². The largest absolute Gasteiger partial charge is 0.479 e. The van der Waals surface area contributed by atoms with Crippen molar-refractivity contribution in [3.05, 3.63) is 0 Å². The highest BCUT2D eigenvalue weighted by Crippen LogP contribution is 2.40. The molecule has 1 aliphatic heterocycles. The number of carboxylic acids is 2. The van der Waals surface area contributed by atoms with Crippen molar-refractivity contribution in [1.82, 2.24) is 0 Å². The van der Waals surface area contributed by atoms with Crippen molar-refractivity contribution in [2.24, 2.45) is 0 Å². The fourth-order valence-corrected chi connectivity index (χ4v) is 3.34. The molecule has 1 rings (SSSR count). The van der Waals surface area contributed by atoms with Crippen LogP contribution in [0.1, 0.15) is 77.6 Å². The summed E-state index contributed by atoms with van der Waals surface area (Å²) in [4.78, 5) is 34.3. The summed E-state index contributed by atoms with van der Waals surface area (Å²) in [6, 6.07) is 0. The number of carbonyl (C=O) groups excluding carboxylic acids is 1. The van der Waals surface area contributed by atoms with E-state index >= 15 is 0 Å². The first kappa shape index (κ1) is 22.4. The first-order valence-electron chi connectivity index (χ1n) is 9.33. The summed E-state index contributed by atoms with van der Waals surface area (Å²) in [5.41, 5.74) is -5.96. The highest BCUT2D eigenvalue weighted by molar-refractivity contribution is 6.01. The van der Waals surface area contributed by atoms with Gasteiger partial charge in [0.25, 0.3) is 0 Å². The lowest BCUT2D eigenvalue weighted by atomic mass is 9.77. The Balaban J connectivity index is 2.46. The highest BCUT2D eigenvalue weighted by Gasteiger charge is 2.73. The number of hydrogen-bond donors (Lipinski definition) is 4. The van der Waals surface area contributed by atoms with E-state index in [1.807, 2.05) is 0 Å². The lowest BCUT2D eigenvalue weighted by molar-refractivity contribution is -0.195. The molecule has 1 aliphatic rings. The van der Waals surface area contributed by atoms with Gasteiger partial charge in [0.15, 0.2) is 0 Å². The molecule has 1 fully saturated rings. The Morgan fingerprint density at radius 1 is 0.923 bits per heavy atom. The third-order valence-electron chi connectivity index (χ3n) is 5.02. The summed E-state index contributed by atoms with van der Waals surface area (Å²) in [6.07, 6.45) is 7.23. The minimum absolute atomic E-state index is 0.281. The third-order valence-corrected chi connectivity index (χ3v) is 5.02. The zero-order valence-electron chi connectivity index (χ0n) is 15.3. The molecule has 3 atom stereocenters. The maximum absolute atomic E-state index is 11.9. The first-order valence-corrected chi connectivity index (χ1v) is 9.33. The summed E-state index contributed by atoms with van der Waals surface area (Å²) >= 11 is 0. The third kappa shape index (κ3) is 4.73. The molecule has 0 aromatic heterocycles. The van der Waals surface area contributed by atoms with E-state index < -0.39 is 35.2 Å². The molecule has 0 saturated carbocycles. The first-order chi connectivity index (χ1) is 12.2. The van der Waals surface area contributed by atoms with Gasteiger partial charge < -0.3 is 25.2 Å².